The summed E-state index contributed by atoms with van der Waals surface area (Å²) in [5.74, 6) is -1.90. The highest BCUT2D eigenvalue weighted by atomic mass is 32.1. The number of benzene rings is 1. The quantitative estimate of drug-likeness (QED) is 0.855. The Hall–Kier alpha value is -1.75. The van der Waals surface area contributed by atoms with E-state index in [1.54, 1.807) is 12.1 Å². The van der Waals surface area contributed by atoms with Crippen molar-refractivity contribution < 1.29 is 13.6 Å². The molecule has 0 radical (unpaired) electrons. The summed E-state index contributed by atoms with van der Waals surface area (Å²) in [6, 6.07) is 7.19. The third-order valence-electron chi connectivity index (χ3n) is 3.19. The summed E-state index contributed by atoms with van der Waals surface area (Å²) in [4.78, 5) is 13.4. The van der Waals surface area contributed by atoms with Crippen molar-refractivity contribution >= 4 is 17.2 Å². The molecule has 0 spiro atoms. The highest BCUT2D eigenvalue weighted by Crippen LogP contribution is 2.29. The number of amides is 1. The van der Waals surface area contributed by atoms with Gasteiger partial charge in [0.2, 0.25) is 0 Å². The van der Waals surface area contributed by atoms with Gasteiger partial charge in [0.15, 0.2) is 11.6 Å². The highest BCUT2D eigenvalue weighted by Gasteiger charge is 2.14. The summed E-state index contributed by atoms with van der Waals surface area (Å²) in [7, 11) is 0. The number of carbonyl (C=O) groups excluding carboxylic acids is 1. The van der Waals surface area contributed by atoms with E-state index in [0.717, 1.165) is 23.4 Å². The molecule has 1 aromatic carbocycles. The number of thiophene rings is 1. The maximum atomic E-state index is 13.3. The van der Waals surface area contributed by atoms with Gasteiger partial charge in [-0.25, -0.2) is 8.78 Å². The van der Waals surface area contributed by atoms with Crippen LogP contribution in [0, 0.1) is 17.0 Å². The molecule has 0 atom stereocenters. The van der Waals surface area contributed by atoms with Crippen molar-refractivity contribution in [1.29, 1.82) is 0 Å². The van der Waals surface area contributed by atoms with Crippen molar-refractivity contribution in [3.8, 4) is 10.4 Å². The van der Waals surface area contributed by atoms with Crippen LogP contribution in [0.2, 0.25) is 0 Å². The smallest absolute Gasteiger partial charge is 0.261 e. The van der Waals surface area contributed by atoms with E-state index in [4.69, 9.17) is 0 Å². The second kappa shape index (κ2) is 6.57. The molecule has 0 bridgehead atoms. The molecule has 0 aliphatic heterocycles. The first kappa shape index (κ1) is 16.6. The Balaban J connectivity index is 2.04. The molecule has 0 saturated carbocycles. The molecule has 0 aliphatic rings. The Morgan fingerprint density at radius 3 is 2.50 bits per heavy atom. The summed E-state index contributed by atoms with van der Waals surface area (Å²) < 4.78 is 26.2. The van der Waals surface area contributed by atoms with Gasteiger partial charge < -0.3 is 5.32 Å². The number of carbonyl (C=O) groups is 1. The van der Waals surface area contributed by atoms with E-state index in [1.165, 1.54) is 17.4 Å². The van der Waals surface area contributed by atoms with E-state index in [2.05, 4.69) is 26.1 Å². The van der Waals surface area contributed by atoms with Crippen LogP contribution >= 0.6 is 11.3 Å². The zero-order valence-corrected chi connectivity index (χ0v) is 13.7. The molecule has 22 heavy (non-hydrogen) atoms. The van der Waals surface area contributed by atoms with Crippen molar-refractivity contribution in [1.82, 2.24) is 5.32 Å². The van der Waals surface area contributed by atoms with Crippen molar-refractivity contribution in [3.05, 3.63) is 46.8 Å². The van der Waals surface area contributed by atoms with Gasteiger partial charge in [0.05, 0.1) is 4.88 Å². The van der Waals surface area contributed by atoms with Crippen LogP contribution in [-0.2, 0) is 0 Å². The molecule has 0 aliphatic carbocycles. The molecule has 0 saturated heterocycles. The van der Waals surface area contributed by atoms with Gasteiger partial charge in [-0.15, -0.1) is 11.3 Å². The maximum Gasteiger partial charge on any atom is 0.261 e. The largest absolute Gasteiger partial charge is 0.351 e. The van der Waals surface area contributed by atoms with E-state index < -0.39 is 11.6 Å². The highest BCUT2D eigenvalue weighted by molar-refractivity contribution is 7.17. The molecule has 1 N–H and O–H groups in total. The van der Waals surface area contributed by atoms with E-state index in [9.17, 15) is 13.6 Å². The molecule has 5 heteroatoms. The number of halogens is 2. The van der Waals surface area contributed by atoms with Gasteiger partial charge in [-0.3, -0.25) is 4.79 Å². The van der Waals surface area contributed by atoms with Gasteiger partial charge in [0.1, 0.15) is 0 Å². The molecular formula is C17H19F2NOS. The van der Waals surface area contributed by atoms with E-state index >= 15 is 0 Å². The van der Waals surface area contributed by atoms with Crippen LogP contribution in [0.15, 0.2) is 30.3 Å². The van der Waals surface area contributed by atoms with Crippen LogP contribution in [0.5, 0.6) is 0 Å². The van der Waals surface area contributed by atoms with E-state index in [-0.39, 0.29) is 11.3 Å². The van der Waals surface area contributed by atoms with Gasteiger partial charge in [-0.2, -0.15) is 0 Å². The van der Waals surface area contributed by atoms with Crippen LogP contribution in [0.3, 0.4) is 0 Å². The van der Waals surface area contributed by atoms with Crippen LogP contribution in [0.25, 0.3) is 10.4 Å². The third-order valence-corrected chi connectivity index (χ3v) is 4.33. The summed E-state index contributed by atoms with van der Waals surface area (Å²) in [5.41, 5.74) is 0.733. The minimum Gasteiger partial charge on any atom is -0.351 e. The standard InChI is InChI=1S/C17H19F2NOS/c1-17(2,3)8-9-20-16(21)15-7-6-14(22-15)11-4-5-12(18)13(19)10-11/h4-7,10H,8-9H2,1-3H3,(H,20,21). The average Bonchev–Trinajstić information content (AvgIpc) is 2.90. The summed E-state index contributed by atoms with van der Waals surface area (Å²) in [5, 5.41) is 2.88. The van der Waals surface area contributed by atoms with Gasteiger partial charge in [0, 0.05) is 11.4 Å². The molecule has 2 rings (SSSR count). The zero-order valence-electron chi connectivity index (χ0n) is 12.9. The van der Waals surface area contributed by atoms with Crippen LogP contribution in [0.1, 0.15) is 36.9 Å². The lowest BCUT2D eigenvalue weighted by Crippen LogP contribution is -2.26. The lowest BCUT2D eigenvalue weighted by atomic mass is 9.92. The molecule has 0 unspecified atom stereocenters. The average molecular weight is 323 g/mol. The van der Waals surface area contributed by atoms with Crippen LogP contribution in [0.4, 0.5) is 8.78 Å². The van der Waals surface area contributed by atoms with Gasteiger partial charge >= 0.3 is 0 Å². The summed E-state index contributed by atoms with van der Waals surface area (Å²) in [6.45, 7) is 6.96. The predicted octanol–water partition coefficient (Wildman–Crippen LogP) is 4.86. The maximum absolute atomic E-state index is 13.3. The molecule has 0 fully saturated rings. The fraction of sp³-hybridized carbons (Fsp3) is 0.353. The lowest BCUT2D eigenvalue weighted by molar-refractivity contribution is 0.0953. The normalized spacial score (nSPS) is 11.5. The Morgan fingerprint density at radius 1 is 1.14 bits per heavy atom. The van der Waals surface area contributed by atoms with Gasteiger partial charge in [0.25, 0.3) is 5.91 Å². The first-order chi connectivity index (χ1) is 10.3. The fourth-order valence-corrected chi connectivity index (χ4v) is 2.82. The lowest BCUT2D eigenvalue weighted by Gasteiger charge is -2.17. The van der Waals surface area contributed by atoms with Crippen LogP contribution in [-0.4, -0.2) is 12.5 Å². The molecule has 1 heterocycles. The van der Waals surface area contributed by atoms with Gasteiger partial charge in [-0.1, -0.05) is 26.8 Å². The van der Waals surface area contributed by atoms with Crippen molar-refractivity contribution in [2.24, 2.45) is 5.41 Å². The number of rotatable bonds is 4. The van der Waals surface area contributed by atoms with Crippen molar-refractivity contribution in [2.75, 3.05) is 6.54 Å². The van der Waals surface area contributed by atoms with E-state index in [1.807, 2.05) is 0 Å². The molecule has 2 aromatic rings. The minimum absolute atomic E-state index is 0.136. The Labute approximate surface area is 133 Å². The van der Waals surface area contributed by atoms with Crippen LogP contribution < -0.4 is 5.32 Å². The predicted molar refractivity (Wildman–Crippen MR) is 86.1 cm³/mol. The number of hydrogen-bond donors (Lipinski definition) is 1. The third kappa shape index (κ3) is 4.37. The molecule has 2 nitrogen and oxygen atoms in total. The SMILES string of the molecule is CC(C)(C)CCNC(=O)c1ccc(-c2ccc(F)c(F)c2)s1. The first-order valence-corrected chi connectivity index (χ1v) is 7.91. The monoisotopic (exact) mass is 323 g/mol. The number of nitrogens with one attached hydrogen (secondary N) is 1. The Kier molecular flexibility index (Phi) is 4.96. The van der Waals surface area contributed by atoms with Crippen molar-refractivity contribution in [2.45, 2.75) is 27.2 Å². The Morgan fingerprint density at radius 2 is 1.86 bits per heavy atom. The Bertz CT molecular complexity index is 674. The zero-order chi connectivity index (χ0) is 16.3. The van der Waals surface area contributed by atoms with Gasteiger partial charge in [-0.05, 0) is 41.7 Å². The molecule has 118 valence electrons. The molecule has 1 amide bonds. The van der Waals surface area contributed by atoms with E-state index in [0.29, 0.717) is 17.0 Å². The molecular weight excluding hydrogens is 304 g/mol. The first-order valence-electron chi connectivity index (χ1n) is 7.10. The fourth-order valence-electron chi connectivity index (χ4n) is 1.90. The van der Waals surface area contributed by atoms with Crippen molar-refractivity contribution in [3.63, 3.8) is 0 Å². The molecule has 1 aromatic heterocycles. The summed E-state index contributed by atoms with van der Waals surface area (Å²) >= 11 is 1.27. The second-order valence-corrected chi connectivity index (χ2v) is 7.44. The summed E-state index contributed by atoms with van der Waals surface area (Å²) in [6.07, 6.45) is 0.889. The topological polar surface area (TPSA) is 29.1 Å². The second-order valence-electron chi connectivity index (χ2n) is 6.36. The minimum atomic E-state index is -0.887. The number of hydrogen-bond acceptors (Lipinski definition) is 2.